The van der Waals surface area contributed by atoms with Crippen LogP contribution in [0.5, 0.6) is 0 Å². The highest BCUT2D eigenvalue weighted by Crippen LogP contribution is 2.30. The Hall–Kier alpha value is -1.60. The summed E-state index contributed by atoms with van der Waals surface area (Å²) in [6.45, 7) is 0.298. The maximum Gasteiger partial charge on any atom is 0.313 e. The lowest BCUT2D eigenvalue weighted by molar-refractivity contribution is -0.136. The zero-order valence-corrected chi connectivity index (χ0v) is 12.5. The van der Waals surface area contributed by atoms with E-state index in [0.717, 1.165) is 17.9 Å². The van der Waals surface area contributed by atoms with E-state index in [-0.39, 0.29) is 0 Å². The molecule has 0 saturated carbocycles. The summed E-state index contributed by atoms with van der Waals surface area (Å²) in [5, 5.41) is 5.00. The van der Waals surface area contributed by atoms with Gasteiger partial charge in [0.05, 0.1) is 5.60 Å². The minimum Gasteiger partial charge on any atom is -0.376 e. The van der Waals surface area contributed by atoms with E-state index in [1.165, 1.54) is 24.3 Å². The average molecular weight is 312 g/mol. The minimum absolute atomic E-state index is 0.298. The first-order valence-corrected chi connectivity index (χ1v) is 7.68. The number of amides is 2. The Labute approximate surface area is 126 Å². The number of halogens is 1. The van der Waals surface area contributed by atoms with Crippen molar-refractivity contribution in [1.29, 1.82) is 0 Å². The third-order valence-corrected chi connectivity index (χ3v) is 4.60. The SMILES string of the molecule is COC1(CNC(=O)C(=O)Nc2ccc(F)cc2)CCSC1. The Morgan fingerprint density at radius 3 is 2.62 bits per heavy atom. The van der Waals surface area contributed by atoms with Crippen molar-refractivity contribution < 1.29 is 18.7 Å². The van der Waals surface area contributed by atoms with Crippen LogP contribution in [0.1, 0.15) is 6.42 Å². The van der Waals surface area contributed by atoms with Crippen molar-refractivity contribution in [3.05, 3.63) is 30.1 Å². The van der Waals surface area contributed by atoms with Crippen molar-refractivity contribution in [2.75, 3.05) is 30.5 Å². The van der Waals surface area contributed by atoms with Gasteiger partial charge in [0.1, 0.15) is 5.82 Å². The van der Waals surface area contributed by atoms with Gasteiger partial charge in [-0.05, 0) is 36.4 Å². The van der Waals surface area contributed by atoms with Crippen molar-refractivity contribution in [2.24, 2.45) is 0 Å². The molecule has 0 aromatic heterocycles. The molecule has 1 heterocycles. The van der Waals surface area contributed by atoms with E-state index >= 15 is 0 Å². The Kier molecular flexibility index (Phi) is 5.19. The van der Waals surface area contributed by atoms with Crippen molar-refractivity contribution in [2.45, 2.75) is 12.0 Å². The number of anilines is 1. The molecule has 114 valence electrons. The molecule has 5 nitrogen and oxygen atoms in total. The van der Waals surface area contributed by atoms with E-state index in [1.54, 1.807) is 18.9 Å². The molecule has 2 amide bonds. The van der Waals surface area contributed by atoms with Gasteiger partial charge in [-0.1, -0.05) is 0 Å². The Morgan fingerprint density at radius 2 is 2.05 bits per heavy atom. The first-order chi connectivity index (χ1) is 10.0. The molecular weight excluding hydrogens is 295 g/mol. The molecule has 0 radical (unpaired) electrons. The van der Waals surface area contributed by atoms with Crippen molar-refractivity contribution in [3.63, 3.8) is 0 Å². The fourth-order valence-corrected chi connectivity index (χ4v) is 3.40. The Morgan fingerprint density at radius 1 is 1.33 bits per heavy atom. The molecule has 1 aliphatic rings. The number of methoxy groups -OCH3 is 1. The number of rotatable bonds is 4. The van der Waals surface area contributed by atoms with E-state index in [2.05, 4.69) is 10.6 Å². The van der Waals surface area contributed by atoms with Gasteiger partial charge in [0.15, 0.2) is 0 Å². The zero-order chi connectivity index (χ0) is 15.3. The van der Waals surface area contributed by atoms with Crippen molar-refractivity contribution in [3.8, 4) is 0 Å². The second kappa shape index (κ2) is 6.91. The second-order valence-corrected chi connectivity index (χ2v) is 5.94. The summed E-state index contributed by atoms with van der Waals surface area (Å²) in [4.78, 5) is 23.5. The standard InChI is InChI=1S/C14H17FN2O3S/c1-20-14(6-7-21-9-14)8-16-12(18)13(19)17-11-4-2-10(15)3-5-11/h2-5H,6-9H2,1H3,(H,16,18)(H,17,19). The van der Waals surface area contributed by atoms with Crippen LogP contribution in [0, 0.1) is 5.82 Å². The van der Waals surface area contributed by atoms with Gasteiger partial charge in [-0.15, -0.1) is 0 Å². The van der Waals surface area contributed by atoms with Gasteiger partial charge in [-0.25, -0.2) is 4.39 Å². The molecule has 0 bridgehead atoms. The van der Waals surface area contributed by atoms with Crippen LogP contribution in [-0.2, 0) is 14.3 Å². The molecule has 1 aromatic rings. The number of benzene rings is 1. The van der Waals surface area contributed by atoms with Gasteiger partial charge in [0.25, 0.3) is 0 Å². The lowest BCUT2D eigenvalue weighted by Crippen LogP contribution is -2.47. The number of nitrogens with one attached hydrogen (secondary N) is 2. The lowest BCUT2D eigenvalue weighted by Gasteiger charge is -2.26. The minimum atomic E-state index is -0.779. The first kappa shape index (κ1) is 15.8. The van der Waals surface area contributed by atoms with Gasteiger partial charge in [0, 0.05) is 25.1 Å². The average Bonchev–Trinajstić information content (AvgIpc) is 2.96. The highest BCUT2D eigenvalue weighted by atomic mass is 32.2. The number of hydrogen-bond acceptors (Lipinski definition) is 4. The van der Waals surface area contributed by atoms with E-state index in [1.807, 2.05) is 0 Å². The number of hydrogen-bond donors (Lipinski definition) is 2. The molecular formula is C14H17FN2O3S. The number of carbonyl (C=O) groups excluding carboxylic acids is 2. The molecule has 0 aliphatic carbocycles. The summed E-state index contributed by atoms with van der Waals surface area (Å²) in [6, 6.07) is 5.21. The molecule has 1 aliphatic heterocycles. The van der Waals surface area contributed by atoms with Gasteiger partial charge < -0.3 is 15.4 Å². The van der Waals surface area contributed by atoms with Crippen LogP contribution in [0.2, 0.25) is 0 Å². The molecule has 1 atom stereocenters. The fraction of sp³-hybridized carbons (Fsp3) is 0.429. The smallest absolute Gasteiger partial charge is 0.313 e. The molecule has 7 heteroatoms. The molecule has 2 N–H and O–H groups in total. The van der Waals surface area contributed by atoms with E-state index < -0.39 is 23.2 Å². The van der Waals surface area contributed by atoms with Gasteiger partial charge in [-0.3, -0.25) is 9.59 Å². The molecule has 1 aromatic carbocycles. The maximum atomic E-state index is 12.7. The summed E-state index contributed by atoms with van der Waals surface area (Å²) >= 11 is 1.76. The summed E-state index contributed by atoms with van der Waals surface area (Å²) in [5.41, 5.74) is -0.0225. The molecule has 1 unspecified atom stereocenters. The second-order valence-electron chi connectivity index (χ2n) is 4.83. The Balaban J connectivity index is 1.85. The predicted octanol–water partition coefficient (Wildman–Crippen LogP) is 1.40. The quantitative estimate of drug-likeness (QED) is 0.825. The largest absolute Gasteiger partial charge is 0.376 e. The third kappa shape index (κ3) is 4.18. The van der Waals surface area contributed by atoms with Crippen LogP contribution in [0.3, 0.4) is 0 Å². The van der Waals surface area contributed by atoms with Gasteiger partial charge in [0.2, 0.25) is 0 Å². The predicted molar refractivity (Wildman–Crippen MR) is 79.7 cm³/mol. The Bertz CT molecular complexity index is 515. The highest BCUT2D eigenvalue weighted by molar-refractivity contribution is 7.99. The van der Waals surface area contributed by atoms with Crippen LogP contribution < -0.4 is 10.6 Å². The van der Waals surface area contributed by atoms with E-state index in [0.29, 0.717) is 12.2 Å². The van der Waals surface area contributed by atoms with Gasteiger partial charge in [-0.2, -0.15) is 11.8 Å². The monoisotopic (exact) mass is 312 g/mol. The summed E-state index contributed by atoms with van der Waals surface area (Å²) < 4.78 is 18.2. The van der Waals surface area contributed by atoms with Crippen molar-refractivity contribution >= 4 is 29.3 Å². The van der Waals surface area contributed by atoms with Crippen molar-refractivity contribution in [1.82, 2.24) is 5.32 Å². The van der Waals surface area contributed by atoms with E-state index in [9.17, 15) is 14.0 Å². The topological polar surface area (TPSA) is 67.4 Å². The molecule has 2 rings (SSSR count). The van der Waals surface area contributed by atoms with Crippen LogP contribution in [0.4, 0.5) is 10.1 Å². The normalized spacial score (nSPS) is 21.0. The van der Waals surface area contributed by atoms with Crippen LogP contribution in [-0.4, -0.2) is 42.6 Å². The summed E-state index contributed by atoms with van der Waals surface area (Å²) in [5.74, 6) is -0.140. The first-order valence-electron chi connectivity index (χ1n) is 6.52. The van der Waals surface area contributed by atoms with Crippen LogP contribution in [0.25, 0.3) is 0 Å². The van der Waals surface area contributed by atoms with Gasteiger partial charge >= 0.3 is 11.8 Å². The van der Waals surface area contributed by atoms with Crippen LogP contribution in [0.15, 0.2) is 24.3 Å². The molecule has 21 heavy (non-hydrogen) atoms. The molecule has 1 saturated heterocycles. The van der Waals surface area contributed by atoms with E-state index in [4.69, 9.17) is 4.74 Å². The molecule has 0 spiro atoms. The number of ether oxygens (including phenoxy) is 1. The number of thioether (sulfide) groups is 1. The third-order valence-electron chi connectivity index (χ3n) is 3.38. The highest BCUT2D eigenvalue weighted by Gasteiger charge is 2.35. The summed E-state index contributed by atoms with van der Waals surface area (Å²) in [6.07, 6.45) is 0.841. The lowest BCUT2D eigenvalue weighted by atomic mass is 10.0. The number of carbonyl (C=O) groups is 2. The maximum absolute atomic E-state index is 12.7. The summed E-state index contributed by atoms with van der Waals surface area (Å²) in [7, 11) is 1.61. The van der Waals surface area contributed by atoms with Crippen LogP contribution >= 0.6 is 11.8 Å². The molecule has 1 fully saturated rings. The fourth-order valence-electron chi connectivity index (χ4n) is 2.00. The zero-order valence-electron chi connectivity index (χ0n) is 11.6.